The maximum absolute atomic E-state index is 12.9. The molecule has 1 atom stereocenters. The monoisotopic (exact) mass is 358 g/mol. The lowest BCUT2D eigenvalue weighted by Crippen LogP contribution is -2.44. The fourth-order valence-corrected chi connectivity index (χ4v) is 4.66. The van der Waals surface area contributed by atoms with Crippen molar-refractivity contribution in [1.29, 1.82) is 0 Å². The van der Waals surface area contributed by atoms with Gasteiger partial charge in [0.05, 0.1) is 23.6 Å². The first-order valence-corrected chi connectivity index (χ1v) is 10.1. The van der Waals surface area contributed by atoms with Gasteiger partial charge in [0.15, 0.2) is 0 Å². The van der Waals surface area contributed by atoms with Crippen LogP contribution in [0.5, 0.6) is 0 Å². The molecule has 1 saturated carbocycles. The number of aromatic nitrogens is 2. The summed E-state index contributed by atoms with van der Waals surface area (Å²) in [5.74, 6) is 0.840. The van der Waals surface area contributed by atoms with Gasteiger partial charge in [-0.2, -0.15) is 0 Å². The molecule has 0 radical (unpaired) electrons. The Morgan fingerprint density at radius 1 is 1.44 bits per heavy atom. The summed E-state index contributed by atoms with van der Waals surface area (Å²) in [4.78, 5) is 21.2. The minimum absolute atomic E-state index is 0.111. The molecule has 0 bridgehead atoms. The summed E-state index contributed by atoms with van der Waals surface area (Å²) < 4.78 is 2.03. The van der Waals surface area contributed by atoms with Gasteiger partial charge in [-0.05, 0) is 36.6 Å². The van der Waals surface area contributed by atoms with Gasteiger partial charge in [0.2, 0.25) is 5.91 Å². The zero-order valence-electron chi connectivity index (χ0n) is 14.8. The molecular weight excluding hydrogens is 332 g/mol. The number of hydrogen-bond acceptors (Lipinski definition) is 4. The second-order valence-corrected chi connectivity index (χ2v) is 8.38. The first-order chi connectivity index (χ1) is 12.2. The second kappa shape index (κ2) is 7.30. The van der Waals surface area contributed by atoms with Crippen LogP contribution in [0.2, 0.25) is 0 Å². The molecule has 2 aliphatic rings. The minimum Gasteiger partial charge on any atom is -0.355 e. The minimum atomic E-state index is -0.111. The Labute approximate surface area is 153 Å². The molecule has 0 unspecified atom stereocenters. The number of aryl methyl sites for hydroxylation is 1. The molecule has 4 rings (SSSR count). The van der Waals surface area contributed by atoms with Crippen molar-refractivity contribution in [2.45, 2.75) is 38.1 Å². The SMILES string of the molecule is Cn1cnc2c1[C@H](C(=O)NCCc1cccs1)CN(CC1CCC1)C2. The summed E-state index contributed by atoms with van der Waals surface area (Å²) in [7, 11) is 2.00. The third-order valence-electron chi connectivity index (χ3n) is 5.52. The number of carbonyl (C=O) groups excluding carboxylic acids is 1. The summed E-state index contributed by atoms with van der Waals surface area (Å²) in [5, 5.41) is 5.23. The Bertz CT molecular complexity index is 720. The molecule has 1 N–H and O–H groups in total. The van der Waals surface area contributed by atoms with Gasteiger partial charge in [0, 0.05) is 38.1 Å². The molecule has 0 aromatic carbocycles. The van der Waals surface area contributed by atoms with Gasteiger partial charge < -0.3 is 9.88 Å². The van der Waals surface area contributed by atoms with Gasteiger partial charge in [-0.3, -0.25) is 9.69 Å². The van der Waals surface area contributed by atoms with E-state index in [1.807, 2.05) is 17.9 Å². The van der Waals surface area contributed by atoms with E-state index in [0.717, 1.165) is 43.4 Å². The van der Waals surface area contributed by atoms with Crippen LogP contribution in [0.3, 0.4) is 0 Å². The Hall–Kier alpha value is -1.66. The summed E-state index contributed by atoms with van der Waals surface area (Å²) in [6.07, 6.45) is 6.79. The highest BCUT2D eigenvalue weighted by atomic mass is 32.1. The maximum Gasteiger partial charge on any atom is 0.230 e. The number of thiophene rings is 1. The van der Waals surface area contributed by atoms with E-state index in [0.29, 0.717) is 6.54 Å². The van der Waals surface area contributed by atoms with Crippen LogP contribution in [0.1, 0.15) is 41.4 Å². The molecule has 1 aliphatic carbocycles. The second-order valence-electron chi connectivity index (χ2n) is 7.35. The van der Waals surface area contributed by atoms with Gasteiger partial charge in [0.25, 0.3) is 0 Å². The standard InChI is InChI=1S/C19H26N4OS/c1-22-13-21-17-12-23(10-14-4-2-5-14)11-16(18(17)22)19(24)20-8-7-15-6-3-9-25-15/h3,6,9,13-14,16H,2,4-5,7-8,10-12H2,1H3,(H,20,24)/t16-/m1/s1. The van der Waals surface area contributed by atoms with Crippen LogP contribution in [-0.2, 0) is 24.8 Å². The average Bonchev–Trinajstić information content (AvgIpc) is 3.20. The van der Waals surface area contributed by atoms with Crippen molar-refractivity contribution in [3.63, 3.8) is 0 Å². The van der Waals surface area contributed by atoms with Crippen molar-refractivity contribution in [2.24, 2.45) is 13.0 Å². The number of hydrogen-bond donors (Lipinski definition) is 1. The van der Waals surface area contributed by atoms with E-state index < -0.39 is 0 Å². The number of rotatable bonds is 6. The van der Waals surface area contributed by atoms with Crippen LogP contribution in [-0.4, -0.2) is 40.0 Å². The van der Waals surface area contributed by atoms with Crippen molar-refractivity contribution in [3.8, 4) is 0 Å². The number of nitrogens with one attached hydrogen (secondary N) is 1. The van der Waals surface area contributed by atoms with Crippen LogP contribution in [0.15, 0.2) is 23.8 Å². The Morgan fingerprint density at radius 2 is 2.32 bits per heavy atom. The Kier molecular flexibility index (Phi) is 4.90. The van der Waals surface area contributed by atoms with Crippen molar-refractivity contribution in [2.75, 3.05) is 19.6 Å². The lowest BCUT2D eigenvalue weighted by molar-refractivity contribution is -0.123. The normalized spacial score (nSPS) is 20.9. The number of amides is 1. The van der Waals surface area contributed by atoms with E-state index in [2.05, 4.69) is 32.7 Å². The highest BCUT2D eigenvalue weighted by molar-refractivity contribution is 7.09. The molecule has 2 aromatic heterocycles. The molecule has 1 amide bonds. The van der Waals surface area contributed by atoms with Gasteiger partial charge in [-0.15, -0.1) is 11.3 Å². The van der Waals surface area contributed by atoms with Crippen LogP contribution in [0.25, 0.3) is 0 Å². The number of imidazole rings is 1. The first-order valence-electron chi connectivity index (χ1n) is 9.23. The maximum atomic E-state index is 12.9. The molecule has 1 aliphatic heterocycles. The molecule has 5 nitrogen and oxygen atoms in total. The van der Waals surface area contributed by atoms with Crippen LogP contribution in [0, 0.1) is 5.92 Å². The first kappa shape index (κ1) is 16.8. The van der Waals surface area contributed by atoms with E-state index in [1.54, 1.807) is 11.3 Å². The summed E-state index contributed by atoms with van der Waals surface area (Å²) in [6.45, 7) is 3.50. The van der Waals surface area contributed by atoms with Gasteiger partial charge in [0.1, 0.15) is 0 Å². The van der Waals surface area contributed by atoms with Gasteiger partial charge in [-0.1, -0.05) is 12.5 Å². The van der Waals surface area contributed by atoms with Crippen molar-refractivity contribution < 1.29 is 4.79 Å². The summed E-state index contributed by atoms with van der Waals surface area (Å²) in [5.41, 5.74) is 2.17. The highest BCUT2D eigenvalue weighted by Gasteiger charge is 2.35. The third-order valence-corrected chi connectivity index (χ3v) is 6.45. The fourth-order valence-electron chi connectivity index (χ4n) is 3.95. The predicted octanol–water partition coefficient (Wildman–Crippen LogP) is 2.54. The molecule has 6 heteroatoms. The van der Waals surface area contributed by atoms with Crippen LogP contribution >= 0.6 is 11.3 Å². The number of carbonyl (C=O) groups is 1. The van der Waals surface area contributed by atoms with E-state index in [9.17, 15) is 4.79 Å². The van der Waals surface area contributed by atoms with Gasteiger partial charge >= 0.3 is 0 Å². The van der Waals surface area contributed by atoms with E-state index in [4.69, 9.17) is 0 Å². The average molecular weight is 359 g/mol. The smallest absolute Gasteiger partial charge is 0.230 e. The molecule has 2 aromatic rings. The Morgan fingerprint density at radius 3 is 3.04 bits per heavy atom. The van der Waals surface area contributed by atoms with Crippen molar-refractivity contribution in [3.05, 3.63) is 40.1 Å². The third kappa shape index (κ3) is 3.65. The number of fused-ring (bicyclic) bond motifs is 1. The lowest BCUT2D eigenvalue weighted by Gasteiger charge is -2.37. The van der Waals surface area contributed by atoms with E-state index in [-0.39, 0.29) is 11.8 Å². The van der Waals surface area contributed by atoms with Gasteiger partial charge in [-0.25, -0.2) is 4.98 Å². The molecule has 0 saturated heterocycles. The largest absolute Gasteiger partial charge is 0.355 e. The fraction of sp³-hybridized carbons (Fsp3) is 0.579. The van der Waals surface area contributed by atoms with Crippen LogP contribution < -0.4 is 5.32 Å². The number of nitrogens with zero attached hydrogens (tertiary/aromatic N) is 3. The topological polar surface area (TPSA) is 50.2 Å². The van der Waals surface area contributed by atoms with Crippen molar-refractivity contribution in [1.82, 2.24) is 19.8 Å². The van der Waals surface area contributed by atoms with E-state index >= 15 is 0 Å². The highest BCUT2D eigenvalue weighted by Crippen LogP contribution is 2.32. The zero-order chi connectivity index (χ0) is 17.2. The zero-order valence-corrected chi connectivity index (χ0v) is 15.6. The summed E-state index contributed by atoms with van der Waals surface area (Å²) >= 11 is 1.75. The predicted molar refractivity (Wildman–Crippen MR) is 99.6 cm³/mol. The quantitative estimate of drug-likeness (QED) is 0.863. The molecule has 1 fully saturated rings. The Balaban J connectivity index is 1.42. The molecular formula is C19H26N4OS. The van der Waals surface area contributed by atoms with E-state index in [1.165, 1.54) is 24.1 Å². The lowest BCUT2D eigenvalue weighted by atomic mass is 9.84. The molecule has 25 heavy (non-hydrogen) atoms. The molecule has 134 valence electrons. The molecule has 3 heterocycles. The van der Waals surface area contributed by atoms with Crippen LogP contribution in [0.4, 0.5) is 0 Å². The summed E-state index contributed by atoms with van der Waals surface area (Å²) in [6, 6.07) is 4.18. The molecule has 0 spiro atoms. The van der Waals surface area contributed by atoms with Crippen molar-refractivity contribution >= 4 is 17.2 Å².